The number of nitrogens with zero attached hydrogens (tertiary/aromatic N) is 1. The third-order valence-corrected chi connectivity index (χ3v) is 3.14. The first-order valence-electron chi connectivity index (χ1n) is 5.47. The highest BCUT2D eigenvalue weighted by Gasteiger charge is 2.17. The molecule has 2 aromatic rings. The first-order chi connectivity index (χ1) is 7.43. The zero-order valence-electron chi connectivity index (χ0n) is 8.69. The Morgan fingerprint density at radius 1 is 0.800 bits per heavy atom. The number of pyridine rings is 1. The van der Waals surface area contributed by atoms with Crippen LogP contribution in [0.2, 0.25) is 0 Å². The van der Waals surface area contributed by atoms with Gasteiger partial charge in [0.05, 0.1) is 0 Å². The first kappa shape index (κ1) is 8.66. The van der Waals surface area contributed by atoms with E-state index in [-0.39, 0.29) is 0 Å². The molecule has 15 heavy (non-hydrogen) atoms. The van der Waals surface area contributed by atoms with Crippen molar-refractivity contribution in [3.63, 3.8) is 0 Å². The van der Waals surface area contributed by atoms with Crippen molar-refractivity contribution in [2.45, 2.75) is 19.4 Å². The Morgan fingerprint density at radius 3 is 2.53 bits per heavy atom. The molecule has 1 aromatic heterocycles. The van der Waals surface area contributed by atoms with Crippen LogP contribution in [0.15, 0.2) is 48.7 Å². The van der Waals surface area contributed by atoms with Crippen molar-refractivity contribution in [1.29, 1.82) is 0 Å². The summed E-state index contributed by atoms with van der Waals surface area (Å²) in [4.78, 5) is 0. The SMILES string of the molecule is c1ccc2c(c1)CCc1cccc[n+]1C2. The highest BCUT2D eigenvalue weighted by molar-refractivity contribution is 5.27. The first-order valence-corrected chi connectivity index (χ1v) is 5.47. The standard InChI is InChI=1S/C14H14N/c1-2-6-13-11-15-10-4-3-7-14(15)9-8-12(13)5-1/h1-7,10H,8-9,11H2/q+1. The molecule has 0 radical (unpaired) electrons. The normalized spacial score (nSPS) is 13.9. The van der Waals surface area contributed by atoms with Gasteiger partial charge < -0.3 is 0 Å². The predicted octanol–water partition coefficient (Wildman–Crippen LogP) is 2.12. The third kappa shape index (κ3) is 1.54. The summed E-state index contributed by atoms with van der Waals surface area (Å²) < 4.78 is 2.35. The molecule has 74 valence electrons. The van der Waals surface area contributed by atoms with Crippen molar-refractivity contribution in [2.75, 3.05) is 0 Å². The van der Waals surface area contributed by atoms with Gasteiger partial charge in [-0.3, -0.25) is 0 Å². The average Bonchev–Trinajstić information content (AvgIpc) is 2.48. The van der Waals surface area contributed by atoms with Gasteiger partial charge >= 0.3 is 0 Å². The van der Waals surface area contributed by atoms with E-state index in [1.54, 1.807) is 0 Å². The highest BCUT2D eigenvalue weighted by Crippen LogP contribution is 2.14. The molecule has 2 heterocycles. The molecule has 0 atom stereocenters. The Balaban J connectivity index is 2.10. The number of aromatic nitrogens is 1. The Bertz CT molecular complexity index is 443. The fourth-order valence-electron chi connectivity index (χ4n) is 2.29. The maximum absolute atomic E-state index is 2.35. The second kappa shape index (κ2) is 3.50. The van der Waals surface area contributed by atoms with Gasteiger partial charge in [-0.15, -0.1) is 0 Å². The van der Waals surface area contributed by atoms with Crippen LogP contribution in [0.25, 0.3) is 0 Å². The van der Waals surface area contributed by atoms with Crippen LogP contribution >= 0.6 is 0 Å². The maximum atomic E-state index is 2.35. The van der Waals surface area contributed by atoms with Gasteiger partial charge in [0.25, 0.3) is 0 Å². The van der Waals surface area contributed by atoms with Gasteiger partial charge in [0.2, 0.25) is 0 Å². The summed E-state index contributed by atoms with van der Waals surface area (Å²) in [5.74, 6) is 0. The van der Waals surface area contributed by atoms with Crippen LogP contribution < -0.4 is 4.57 Å². The van der Waals surface area contributed by atoms with E-state index in [1.807, 2.05) is 0 Å². The molecule has 3 rings (SSSR count). The lowest BCUT2D eigenvalue weighted by molar-refractivity contribution is -0.695. The molecule has 0 unspecified atom stereocenters. The molecular formula is C14H14N+. The second-order valence-electron chi connectivity index (χ2n) is 4.09. The van der Waals surface area contributed by atoms with Gasteiger partial charge in [-0.05, 0) is 12.0 Å². The van der Waals surface area contributed by atoms with Crippen molar-refractivity contribution in [2.24, 2.45) is 0 Å². The summed E-state index contributed by atoms with van der Waals surface area (Å²) in [5, 5.41) is 0. The van der Waals surface area contributed by atoms with Crippen LogP contribution in [0.1, 0.15) is 16.8 Å². The minimum atomic E-state index is 1.02. The molecule has 0 spiro atoms. The molecule has 0 amide bonds. The summed E-state index contributed by atoms with van der Waals surface area (Å²) in [6.07, 6.45) is 4.50. The van der Waals surface area contributed by atoms with E-state index < -0.39 is 0 Å². The molecule has 0 saturated carbocycles. The van der Waals surface area contributed by atoms with Gasteiger partial charge in [-0.25, -0.2) is 0 Å². The number of hydrogen-bond donors (Lipinski definition) is 0. The molecule has 0 bridgehead atoms. The molecule has 1 aliphatic rings. The van der Waals surface area contributed by atoms with Crippen LogP contribution in [0, 0.1) is 0 Å². The molecule has 0 saturated heterocycles. The van der Waals surface area contributed by atoms with Gasteiger partial charge in [0, 0.05) is 24.1 Å². The number of hydrogen-bond acceptors (Lipinski definition) is 0. The number of rotatable bonds is 0. The van der Waals surface area contributed by atoms with Crippen molar-refractivity contribution in [1.82, 2.24) is 0 Å². The van der Waals surface area contributed by atoms with E-state index in [1.165, 1.54) is 23.2 Å². The Labute approximate surface area is 90.0 Å². The monoisotopic (exact) mass is 196 g/mol. The summed E-state index contributed by atoms with van der Waals surface area (Å²) in [6, 6.07) is 15.2. The van der Waals surface area contributed by atoms with Crippen LogP contribution in [0.4, 0.5) is 0 Å². The third-order valence-electron chi connectivity index (χ3n) is 3.14. The van der Waals surface area contributed by atoms with E-state index in [0.717, 1.165) is 13.0 Å². The van der Waals surface area contributed by atoms with Crippen LogP contribution in [0.3, 0.4) is 0 Å². The molecule has 1 heteroatoms. The van der Waals surface area contributed by atoms with Crippen molar-refractivity contribution >= 4 is 0 Å². The minimum absolute atomic E-state index is 1.02. The molecule has 1 aromatic carbocycles. The minimum Gasteiger partial charge on any atom is -0.198 e. The number of benzene rings is 1. The molecule has 0 N–H and O–H groups in total. The fourth-order valence-corrected chi connectivity index (χ4v) is 2.29. The zero-order chi connectivity index (χ0) is 10.1. The van der Waals surface area contributed by atoms with E-state index in [2.05, 4.69) is 53.2 Å². The summed E-state index contributed by atoms with van der Waals surface area (Å²) in [7, 11) is 0. The summed E-state index contributed by atoms with van der Waals surface area (Å²) in [5.41, 5.74) is 4.40. The highest BCUT2D eigenvalue weighted by atomic mass is 15.0. The molecular weight excluding hydrogens is 182 g/mol. The Kier molecular flexibility index (Phi) is 2.02. The Hall–Kier alpha value is -1.63. The van der Waals surface area contributed by atoms with Crippen LogP contribution in [-0.2, 0) is 19.4 Å². The quantitative estimate of drug-likeness (QED) is 0.568. The van der Waals surface area contributed by atoms with Crippen molar-refractivity contribution in [3.05, 3.63) is 65.5 Å². The average molecular weight is 196 g/mol. The molecule has 0 fully saturated rings. The van der Waals surface area contributed by atoms with Crippen molar-refractivity contribution in [3.8, 4) is 0 Å². The molecule has 1 nitrogen and oxygen atoms in total. The van der Waals surface area contributed by atoms with E-state index in [0.29, 0.717) is 0 Å². The second-order valence-corrected chi connectivity index (χ2v) is 4.09. The van der Waals surface area contributed by atoms with Gasteiger partial charge in [0.15, 0.2) is 18.4 Å². The lowest BCUT2D eigenvalue weighted by atomic mass is 10.0. The number of fused-ring (bicyclic) bond motifs is 2. The fraction of sp³-hybridized carbons (Fsp3) is 0.214. The lowest BCUT2D eigenvalue weighted by Gasteiger charge is -2.00. The van der Waals surface area contributed by atoms with Crippen LogP contribution in [-0.4, -0.2) is 0 Å². The largest absolute Gasteiger partial charge is 0.198 e. The maximum Gasteiger partial charge on any atom is 0.181 e. The number of aryl methyl sites for hydroxylation is 2. The molecule has 0 aliphatic carbocycles. The van der Waals surface area contributed by atoms with Gasteiger partial charge in [-0.2, -0.15) is 4.57 Å². The van der Waals surface area contributed by atoms with E-state index in [4.69, 9.17) is 0 Å². The summed E-state index contributed by atoms with van der Waals surface area (Å²) in [6.45, 7) is 1.02. The van der Waals surface area contributed by atoms with Gasteiger partial charge in [0.1, 0.15) is 0 Å². The zero-order valence-corrected chi connectivity index (χ0v) is 8.69. The lowest BCUT2D eigenvalue weighted by Crippen LogP contribution is -2.37. The smallest absolute Gasteiger partial charge is 0.181 e. The van der Waals surface area contributed by atoms with Gasteiger partial charge in [-0.1, -0.05) is 30.3 Å². The molecule has 1 aliphatic heterocycles. The van der Waals surface area contributed by atoms with Crippen molar-refractivity contribution < 1.29 is 4.57 Å². The topological polar surface area (TPSA) is 3.88 Å². The van der Waals surface area contributed by atoms with E-state index >= 15 is 0 Å². The van der Waals surface area contributed by atoms with E-state index in [9.17, 15) is 0 Å². The van der Waals surface area contributed by atoms with Crippen LogP contribution in [0.5, 0.6) is 0 Å². The Morgan fingerprint density at radius 2 is 1.60 bits per heavy atom. The summed E-state index contributed by atoms with van der Waals surface area (Å²) >= 11 is 0. The predicted molar refractivity (Wildman–Crippen MR) is 59.6 cm³/mol.